The molecule has 0 atom stereocenters. The van der Waals surface area contributed by atoms with Crippen LogP contribution < -0.4 is 10.6 Å². The monoisotopic (exact) mass is 378 g/mol. The maximum Gasteiger partial charge on any atom is 0.191 e. The van der Waals surface area contributed by atoms with Gasteiger partial charge in [-0.05, 0) is 24.5 Å². The highest BCUT2D eigenvalue weighted by atomic mass is 19.1. The minimum absolute atomic E-state index is 0.138. The van der Waals surface area contributed by atoms with Crippen LogP contribution in [0.4, 0.5) is 4.39 Å². The topological polar surface area (TPSA) is 62.5 Å². The Morgan fingerprint density at radius 3 is 2.57 bits per heavy atom. The zero-order chi connectivity index (χ0) is 19.4. The Labute approximate surface area is 163 Å². The number of aliphatic imine (C=N–C) groups is 1. The van der Waals surface area contributed by atoms with Crippen LogP contribution in [-0.2, 0) is 12.0 Å². The van der Waals surface area contributed by atoms with E-state index in [9.17, 15) is 4.39 Å². The van der Waals surface area contributed by atoms with Crippen LogP contribution in [0.5, 0.6) is 0 Å². The molecular weight excluding hydrogens is 355 g/mol. The second-order valence-corrected chi connectivity index (χ2v) is 7.09. The lowest BCUT2D eigenvalue weighted by atomic mass is 9.95. The van der Waals surface area contributed by atoms with Crippen LogP contribution in [0.1, 0.15) is 24.1 Å². The van der Waals surface area contributed by atoms with Gasteiger partial charge in [-0.2, -0.15) is 0 Å². The number of benzene rings is 2. The van der Waals surface area contributed by atoms with Crippen LogP contribution in [0.2, 0.25) is 0 Å². The van der Waals surface area contributed by atoms with Gasteiger partial charge in [0.1, 0.15) is 11.5 Å². The fraction of sp³-hybridized carbons (Fsp3) is 0.273. The van der Waals surface area contributed by atoms with Crippen molar-refractivity contribution in [1.82, 2.24) is 15.8 Å². The first-order valence-corrected chi connectivity index (χ1v) is 9.41. The predicted molar refractivity (Wildman–Crippen MR) is 107 cm³/mol. The average molecular weight is 378 g/mol. The molecule has 5 nitrogen and oxygen atoms in total. The zero-order valence-electron chi connectivity index (χ0n) is 15.8. The van der Waals surface area contributed by atoms with Gasteiger partial charge in [0.05, 0.1) is 6.54 Å². The van der Waals surface area contributed by atoms with Crippen molar-refractivity contribution in [3.63, 3.8) is 0 Å². The molecule has 0 spiro atoms. The second kappa shape index (κ2) is 7.84. The summed E-state index contributed by atoms with van der Waals surface area (Å²) in [5.74, 6) is 1.25. The van der Waals surface area contributed by atoms with Crippen molar-refractivity contribution < 1.29 is 8.91 Å². The number of guanidine groups is 1. The van der Waals surface area contributed by atoms with Crippen molar-refractivity contribution in [1.29, 1.82) is 0 Å². The number of halogens is 1. The summed E-state index contributed by atoms with van der Waals surface area (Å²) in [6.07, 6.45) is 1.95. The largest absolute Gasteiger partial charge is 0.356 e. The van der Waals surface area contributed by atoms with Crippen LogP contribution in [0.15, 0.2) is 70.2 Å². The highest BCUT2D eigenvalue weighted by Crippen LogP contribution is 2.48. The Balaban J connectivity index is 1.34. The molecule has 28 heavy (non-hydrogen) atoms. The maximum absolute atomic E-state index is 14.2. The van der Waals surface area contributed by atoms with Gasteiger partial charge in [-0.15, -0.1) is 0 Å². The Morgan fingerprint density at radius 1 is 1.11 bits per heavy atom. The molecule has 1 heterocycles. The van der Waals surface area contributed by atoms with Gasteiger partial charge in [-0.25, -0.2) is 4.39 Å². The first kappa shape index (κ1) is 18.2. The van der Waals surface area contributed by atoms with E-state index in [1.807, 2.05) is 48.5 Å². The summed E-state index contributed by atoms with van der Waals surface area (Å²) in [6.45, 7) is 1.13. The summed E-state index contributed by atoms with van der Waals surface area (Å²) in [7, 11) is 1.72. The molecule has 3 aromatic rings. The lowest BCUT2D eigenvalue weighted by molar-refractivity contribution is 0.422. The van der Waals surface area contributed by atoms with Crippen molar-refractivity contribution in [2.24, 2.45) is 4.99 Å². The molecular formula is C22H23FN4O. The van der Waals surface area contributed by atoms with E-state index in [2.05, 4.69) is 20.8 Å². The minimum atomic E-state index is -0.142. The number of nitrogens with one attached hydrogen (secondary N) is 2. The maximum atomic E-state index is 14.2. The minimum Gasteiger partial charge on any atom is -0.356 e. The molecule has 0 unspecified atom stereocenters. The number of aromatic nitrogens is 1. The molecule has 0 saturated heterocycles. The SMILES string of the molecule is CN=C(NCc1cc(-c2ccccc2)on1)NCC1(c2ccccc2F)CC1. The fourth-order valence-corrected chi connectivity index (χ4v) is 3.36. The van der Waals surface area contributed by atoms with Crippen LogP contribution in [0.25, 0.3) is 11.3 Å². The molecule has 6 heteroatoms. The standard InChI is InChI=1S/C22H23FN4O/c1-24-21(26-15-22(11-12-22)18-9-5-6-10-19(18)23)25-14-17-13-20(28-27-17)16-7-3-2-4-8-16/h2-10,13H,11-12,14-15H2,1H3,(H2,24,25,26). The van der Waals surface area contributed by atoms with E-state index in [1.54, 1.807) is 13.1 Å². The number of rotatable bonds is 6. The molecule has 2 aromatic carbocycles. The highest BCUT2D eigenvalue weighted by molar-refractivity contribution is 5.79. The third kappa shape index (κ3) is 3.91. The molecule has 1 aliphatic carbocycles. The van der Waals surface area contributed by atoms with E-state index in [4.69, 9.17) is 4.52 Å². The Morgan fingerprint density at radius 2 is 1.86 bits per heavy atom. The van der Waals surface area contributed by atoms with Gasteiger partial charge in [-0.3, -0.25) is 4.99 Å². The van der Waals surface area contributed by atoms with E-state index in [-0.39, 0.29) is 11.2 Å². The number of nitrogens with zero attached hydrogens (tertiary/aromatic N) is 2. The molecule has 1 aliphatic rings. The molecule has 0 bridgehead atoms. The summed E-state index contributed by atoms with van der Waals surface area (Å²) in [4.78, 5) is 4.26. The lowest BCUT2D eigenvalue weighted by Gasteiger charge is -2.19. The van der Waals surface area contributed by atoms with Crippen LogP contribution in [-0.4, -0.2) is 24.7 Å². The van der Waals surface area contributed by atoms with Crippen LogP contribution >= 0.6 is 0 Å². The van der Waals surface area contributed by atoms with Crippen molar-refractivity contribution >= 4 is 5.96 Å². The van der Waals surface area contributed by atoms with E-state index in [1.165, 1.54) is 6.07 Å². The highest BCUT2D eigenvalue weighted by Gasteiger charge is 2.45. The lowest BCUT2D eigenvalue weighted by Crippen LogP contribution is -2.41. The first-order valence-electron chi connectivity index (χ1n) is 9.41. The van der Waals surface area contributed by atoms with Gasteiger partial charge in [0.2, 0.25) is 0 Å². The summed E-state index contributed by atoms with van der Waals surface area (Å²) in [6, 6.07) is 18.8. The Kier molecular flexibility index (Phi) is 5.10. The molecule has 1 saturated carbocycles. The fourth-order valence-electron chi connectivity index (χ4n) is 3.36. The van der Waals surface area contributed by atoms with Crippen molar-refractivity contribution in [2.75, 3.05) is 13.6 Å². The summed E-state index contributed by atoms with van der Waals surface area (Å²) in [5.41, 5.74) is 2.42. The molecule has 0 aliphatic heterocycles. The molecule has 1 fully saturated rings. The normalized spacial score (nSPS) is 15.3. The van der Waals surface area contributed by atoms with Gasteiger partial charge in [-0.1, -0.05) is 53.7 Å². The van der Waals surface area contributed by atoms with Gasteiger partial charge in [0, 0.05) is 30.6 Å². The second-order valence-electron chi connectivity index (χ2n) is 7.09. The number of hydrogen-bond donors (Lipinski definition) is 2. The smallest absolute Gasteiger partial charge is 0.191 e. The van der Waals surface area contributed by atoms with E-state index in [0.717, 1.165) is 35.4 Å². The van der Waals surface area contributed by atoms with Gasteiger partial charge in [0.25, 0.3) is 0 Å². The average Bonchev–Trinajstić information content (AvgIpc) is 3.37. The van der Waals surface area contributed by atoms with Gasteiger partial charge < -0.3 is 15.2 Å². The Bertz CT molecular complexity index is 963. The zero-order valence-corrected chi connectivity index (χ0v) is 15.8. The molecule has 2 N–H and O–H groups in total. The van der Waals surface area contributed by atoms with E-state index < -0.39 is 0 Å². The predicted octanol–water partition coefficient (Wildman–Crippen LogP) is 3.88. The molecule has 0 radical (unpaired) electrons. The first-order chi connectivity index (χ1) is 13.7. The summed E-state index contributed by atoms with van der Waals surface area (Å²) < 4.78 is 19.6. The number of hydrogen-bond acceptors (Lipinski definition) is 3. The third-order valence-corrected chi connectivity index (χ3v) is 5.17. The van der Waals surface area contributed by atoms with Gasteiger partial charge >= 0.3 is 0 Å². The molecule has 4 rings (SSSR count). The van der Waals surface area contributed by atoms with Crippen molar-refractivity contribution in [2.45, 2.75) is 24.8 Å². The van der Waals surface area contributed by atoms with Crippen molar-refractivity contribution in [3.05, 3.63) is 77.7 Å². The third-order valence-electron chi connectivity index (χ3n) is 5.17. The molecule has 0 amide bonds. The summed E-state index contributed by atoms with van der Waals surface area (Å²) in [5, 5.41) is 10.7. The van der Waals surface area contributed by atoms with Crippen LogP contribution in [0, 0.1) is 5.82 Å². The molecule has 1 aromatic heterocycles. The molecule has 144 valence electrons. The van der Waals surface area contributed by atoms with E-state index >= 15 is 0 Å². The van der Waals surface area contributed by atoms with E-state index in [0.29, 0.717) is 19.0 Å². The quantitative estimate of drug-likeness (QED) is 0.505. The van der Waals surface area contributed by atoms with Crippen molar-refractivity contribution in [3.8, 4) is 11.3 Å². The summed E-state index contributed by atoms with van der Waals surface area (Å²) >= 11 is 0. The Hall–Kier alpha value is -3.15. The van der Waals surface area contributed by atoms with Gasteiger partial charge in [0.15, 0.2) is 11.7 Å². The van der Waals surface area contributed by atoms with Crippen LogP contribution in [0.3, 0.4) is 0 Å².